The zero-order chi connectivity index (χ0) is 13.3. The number of anilines is 1. The van der Waals surface area contributed by atoms with Gasteiger partial charge in [0, 0.05) is 19.2 Å². The van der Waals surface area contributed by atoms with Crippen molar-refractivity contribution in [2.45, 2.75) is 25.0 Å². The van der Waals surface area contributed by atoms with E-state index in [1.165, 1.54) is 4.90 Å². The smallest absolute Gasteiger partial charge is 0.229 e. The van der Waals surface area contributed by atoms with E-state index < -0.39 is 15.3 Å². The summed E-state index contributed by atoms with van der Waals surface area (Å²) in [5.41, 5.74) is 1.05. The Hall–Kier alpha value is -1.47. The number of carbonyl (C=O) groups is 1. The highest BCUT2D eigenvalue weighted by Gasteiger charge is 2.37. The Morgan fingerprint density at radius 3 is 2.83 bits per heavy atom. The maximum atomic E-state index is 11.8. The Morgan fingerprint density at radius 1 is 1.56 bits per heavy atom. The number of amides is 1. The van der Waals surface area contributed by atoms with Crippen LogP contribution in [0.4, 0.5) is 5.82 Å². The summed E-state index contributed by atoms with van der Waals surface area (Å²) < 4.78 is 22.5. The van der Waals surface area contributed by atoms with Crippen molar-refractivity contribution in [3.63, 3.8) is 0 Å². The quantitative estimate of drug-likeness (QED) is 0.838. The van der Waals surface area contributed by atoms with Crippen LogP contribution in [0.25, 0.3) is 0 Å². The molecule has 1 aliphatic heterocycles. The monoisotopic (exact) mass is 269 g/mol. The van der Waals surface area contributed by atoms with E-state index in [0.29, 0.717) is 5.82 Å². The van der Waals surface area contributed by atoms with Crippen LogP contribution in [0.5, 0.6) is 0 Å². The van der Waals surface area contributed by atoms with Crippen LogP contribution in [0, 0.1) is 0 Å². The molecule has 1 fully saturated rings. The van der Waals surface area contributed by atoms with Gasteiger partial charge in [-0.2, -0.15) is 0 Å². The van der Waals surface area contributed by atoms with Crippen molar-refractivity contribution in [3.8, 4) is 0 Å². The van der Waals surface area contributed by atoms with E-state index in [-0.39, 0.29) is 18.9 Å². The third-order valence-electron chi connectivity index (χ3n) is 3.05. The van der Waals surface area contributed by atoms with E-state index in [9.17, 15) is 13.2 Å². The van der Waals surface area contributed by atoms with Gasteiger partial charge < -0.3 is 0 Å². The molecule has 1 aliphatic rings. The Labute approximate surface area is 106 Å². The number of primary sulfonamides is 1. The SMILES string of the molecule is CCc1ccnc(N2CC(S(N)(=O)=O)CC2=O)c1. The number of pyridine rings is 1. The number of nitrogens with two attached hydrogens (primary N) is 1. The maximum absolute atomic E-state index is 11.8. The number of carbonyl (C=O) groups excluding carboxylic acids is 1. The van der Waals surface area contributed by atoms with Gasteiger partial charge in [0.25, 0.3) is 0 Å². The van der Waals surface area contributed by atoms with Gasteiger partial charge in [0.2, 0.25) is 15.9 Å². The maximum Gasteiger partial charge on any atom is 0.229 e. The summed E-state index contributed by atoms with van der Waals surface area (Å²) in [4.78, 5) is 17.3. The fourth-order valence-corrected chi connectivity index (χ4v) is 2.68. The van der Waals surface area contributed by atoms with Crippen LogP contribution in [0.1, 0.15) is 18.9 Å². The lowest BCUT2D eigenvalue weighted by Gasteiger charge is -2.15. The fourth-order valence-electron chi connectivity index (χ4n) is 1.94. The number of sulfonamides is 1. The van der Waals surface area contributed by atoms with Crippen LogP contribution in [0.3, 0.4) is 0 Å². The molecule has 98 valence electrons. The molecule has 18 heavy (non-hydrogen) atoms. The summed E-state index contributed by atoms with van der Waals surface area (Å²) in [7, 11) is -3.68. The van der Waals surface area contributed by atoms with E-state index in [2.05, 4.69) is 4.98 Å². The molecular formula is C11H15N3O3S. The number of nitrogens with zero attached hydrogens (tertiary/aromatic N) is 2. The lowest BCUT2D eigenvalue weighted by molar-refractivity contribution is -0.117. The van der Waals surface area contributed by atoms with Crippen molar-refractivity contribution in [1.82, 2.24) is 4.98 Å². The van der Waals surface area contributed by atoms with Crippen LogP contribution in [-0.2, 0) is 21.2 Å². The van der Waals surface area contributed by atoms with Crippen molar-refractivity contribution >= 4 is 21.7 Å². The molecule has 1 atom stereocenters. The van der Waals surface area contributed by atoms with E-state index in [0.717, 1.165) is 12.0 Å². The van der Waals surface area contributed by atoms with E-state index in [1.54, 1.807) is 12.3 Å². The van der Waals surface area contributed by atoms with Crippen LogP contribution < -0.4 is 10.0 Å². The zero-order valence-electron chi connectivity index (χ0n) is 10.0. The van der Waals surface area contributed by atoms with E-state index in [4.69, 9.17) is 5.14 Å². The minimum absolute atomic E-state index is 0.0726. The van der Waals surface area contributed by atoms with Gasteiger partial charge in [-0.15, -0.1) is 0 Å². The molecule has 1 saturated heterocycles. The number of aromatic nitrogens is 1. The van der Waals surface area contributed by atoms with Crippen molar-refractivity contribution < 1.29 is 13.2 Å². The molecule has 0 radical (unpaired) electrons. The number of rotatable bonds is 3. The summed E-state index contributed by atoms with van der Waals surface area (Å²) in [6.07, 6.45) is 2.37. The molecule has 7 heteroatoms. The van der Waals surface area contributed by atoms with Gasteiger partial charge in [0.05, 0.1) is 0 Å². The summed E-state index contributed by atoms with van der Waals surface area (Å²) in [5, 5.41) is 4.24. The van der Waals surface area contributed by atoms with Crippen LogP contribution in [0.15, 0.2) is 18.3 Å². The van der Waals surface area contributed by atoms with Crippen LogP contribution in [0.2, 0.25) is 0 Å². The standard InChI is InChI=1S/C11H15N3O3S/c1-2-8-3-4-13-10(5-8)14-7-9(6-11(14)15)18(12,16)17/h3-5,9H,2,6-7H2,1H3,(H2,12,16,17). The first kappa shape index (κ1) is 13.0. The van der Waals surface area contributed by atoms with E-state index >= 15 is 0 Å². The first-order chi connectivity index (χ1) is 8.41. The van der Waals surface area contributed by atoms with E-state index in [1.807, 2.05) is 13.0 Å². The fraction of sp³-hybridized carbons (Fsp3) is 0.455. The van der Waals surface area contributed by atoms with Gasteiger partial charge in [-0.25, -0.2) is 18.5 Å². The van der Waals surface area contributed by atoms with Crippen LogP contribution in [-0.4, -0.2) is 31.1 Å². The lowest BCUT2D eigenvalue weighted by atomic mass is 10.2. The average molecular weight is 269 g/mol. The van der Waals surface area contributed by atoms with Gasteiger partial charge >= 0.3 is 0 Å². The van der Waals surface area contributed by atoms with Gasteiger partial charge in [-0.3, -0.25) is 9.69 Å². The van der Waals surface area contributed by atoms with Gasteiger partial charge in [-0.05, 0) is 24.1 Å². The van der Waals surface area contributed by atoms with Gasteiger partial charge in [-0.1, -0.05) is 6.92 Å². The van der Waals surface area contributed by atoms with Crippen molar-refractivity contribution in [3.05, 3.63) is 23.9 Å². The first-order valence-electron chi connectivity index (χ1n) is 5.68. The average Bonchev–Trinajstić information content (AvgIpc) is 2.71. The minimum atomic E-state index is -3.68. The molecule has 0 saturated carbocycles. The molecule has 0 aromatic carbocycles. The lowest BCUT2D eigenvalue weighted by Crippen LogP contribution is -2.32. The highest BCUT2D eigenvalue weighted by atomic mass is 32.2. The Morgan fingerprint density at radius 2 is 2.28 bits per heavy atom. The predicted octanol–water partition coefficient (Wildman–Crippen LogP) is 0.0378. The molecule has 2 heterocycles. The second-order valence-electron chi connectivity index (χ2n) is 4.30. The molecule has 2 rings (SSSR count). The normalized spacial score (nSPS) is 20.4. The number of aryl methyl sites for hydroxylation is 1. The molecule has 1 amide bonds. The minimum Gasteiger partial charge on any atom is -0.295 e. The molecule has 1 aromatic rings. The summed E-state index contributed by atoms with van der Waals surface area (Å²) in [6.45, 7) is 2.08. The Balaban J connectivity index is 2.27. The molecular weight excluding hydrogens is 254 g/mol. The highest BCUT2D eigenvalue weighted by Crippen LogP contribution is 2.23. The largest absolute Gasteiger partial charge is 0.295 e. The van der Waals surface area contributed by atoms with Crippen molar-refractivity contribution in [1.29, 1.82) is 0 Å². The molecule has 1 aromatic heterocycles. The van der Waals surface area contributed by atoms with Gasteiger partial charge in [0.15, 0.2) is 0 Å². The Bertz CT molecular complexity index is 571. The highest BCUT2D eigenvalue weighted by molar-refractivity contribution is 7.89. The third kappa shape index (κ3) is 2.51. The number of hydrogen-bond donors (Lipinski definition) is 1. The van der Waals surface area contributed by atoms with Gasteiger partial charge in [0.1, 0.15) is 11.1 Å². The third-order valence-corrected chi connectivity index (χ3v) is 4.29. The molecule has 0 spiro atoms. The topological polar surface area (TPSA) is 93.4 Å². The molecule has 2 N–H and O–H groups in total. The summed E-state index contributed by atoms with van der Waals surface area (Å²) in [5.74, 6) is 0.236. The summed E-state index contributed by atoms with van der Waals surface area (Å²) >= 11 is 0. The second kappa shape index (κ2) is 4.66. The molecule has 0 bridgehead atoms. The molecule has 0 aliphatic carbocycles. The Kier molecular flexibility index (Phi) is 3.36. The molecule has 6 nitrogen and oxygen atoms in total. The summed E-state index contributed by atoms with van der Waals surface area (Å²) in [6, 6.07) is 3.66. The first-order valence-corrected chi connectivity index (χ1v) is 7.29. The number of hydrogen-bond acceptors (Lipinski definition) is 4. The predicted molar refractivity (Wildman–Crippen MR) is 67.5 cm³/mol. The molecule has 1 unspecified atom stereocenters. The van der Waals surface area contributed by atoms with Crippen LogP contribution >= 0.6 is 0 Å². The van der Waals surface area contributed by atoms with Crippen molar-refractivity contribution in [2.75, 3.05) is 11.4 Å². The second-order valence-corrected chi connectivity index (χ2v) is 6.14. The van der Waals surface area contributed by atoms with Crippen molar-refractivity contribution in [2.24, 2.45) is 5.14 Å². The zero-order valence-corrected chi connectivity index (χ0v) is 10.9.